The first kappa shape index (κ1) is 19.5. The fourth-order valence-corrected chi connectivity index (χ4v) is 3.01. The standard InChI is InChI=1S/C20H16BrN3O4/c1-27-14-6-3-12(4-7-14)17-10-18(23-11-22-17)24-19(25)13-5-8-15(16(21)9-13)20(26)28-2/h3-11H,1-2H3,(H,22,23,24,25). The first-order chi connectivity index (χ1) is 13.5. The summed E-state index contributed by atoms with van der Waals surface area (Å²) in [5.74, 6) is 0.251. The molecular formula is C20H16BrN3O4. The smallest absolute Gasteiger partial charge is 0.339 e. The van der Waals surface area contributed by atoms with Crippen LogP contribution in [-0.2, 0) is 4.74 Å². The van der Waals surface area contributed by atoms with Crippen molar-refractivity contribution in [1.82, 2.24) is 9.97 Å². The Balaban J connectivity index is 1.79. The molecule has 0 aliphatic rings. The van der Waals surface area contributed by atoms with E-state index >= 15 is 0 Å². The summed E-state index contributed by atoms with van der Waals surface area (Å²) in [6, 6.07) is 13.7. The van der Waals surface area contributed by atoms with Crippen molar-refractivity contribution in [3.8, 4) is 17.0 Å². The highest BCUT2D eigenvalue weighted by atomic mass is 79.9. The number of rotatable bonds is 5. The van der Waals surface area contributed by atoms with Gasteiger partial charge in [-0.1, -0.05) is 0 Å². The molecule has 0 saturated carbocycles. The van der Waals surface area contributed by atoms with Crippen molar-refractivity contribution in [1.29, 1.82) is 0 Å². The number of hydrogen-bond donors (Lipinski definition) is 1. The number of carbonyl (C=O) groups is 2. The highest BCUT2D eigenvalue weighted by Crippen LogP contribution is 2.23. The highest BCUT2D eigenvalue weighted by molar-refractivity contribution is 9.10. The Kier molecular flexibility index (Phi) is 6.00. The van der Waals surface area contributed by atoms with Crippen LogP contribution in [0.1, 0.15) is 20.7 Å². The minimum Gasteiger partial charge on any atom is -0.497 e. The van der Waals surface area contributed by atoms with Crippen molar-refractivity contribution in [3.63, 3.8) is 0 Å². The molecule has 1 N–H and O–H groups in total. The van der Waals surface area contributed by atoms with E-state index in [-0.39, 0.29) is 5.91 Å². The summed E-state index contributed by atoms with van der Waals surface area (Å²) < 4.78 is 10.3. The molecule has 0 fully saturated rings. The van der Waals surface area contributed by atoms with Crippen LogP contribution in [0, 0.1) is 0 Å². The van der Waals surface area contributed by atoms with E-state index in [1.54, 1.807) is 19.2 Å². The van der Waals surface area contributed by atoms with E-state index in [4.69, 9.17) is 4.74 Å². The van der Waals surface area contributed by atoms with Crippen LogP contribution < -0.4 is 10.1 Å². The van der Waals surface area contributed by atoms with Gasteiger partial charge in [-0.05, 0) is 58.4 Å². The largest absolute Gasteiger partial charge is 0.497 e. The zero-order valence-corrected chi connectivity index (χ0v) is 16.7. The number of nitrogens with one attached hydrogen (secondary N) is 1. The van der Waals surface area contributed by atoms with Crippen LogP contribution in [0.4, 0.5) is 5.82 Å². The maximum atomic E-state index is 12.5. The average molecular weight is 442 g/mol. The van der Waals surface area contributed by atoms with E-state index in [0.29, 0.717) is 27.1 Å². The minimum absolute atomic E-state index is 0.336. The van der Waals surface area contributed by atoms with Gasteiger partial charge >= 0.3 is 5.97 Å². The molecule has 0 atom stereocenters. The lowest BCUT2D eigenvalue weighted by atomic mass is 10.1. The molecule has 0 radical (unpaired) electrons. The molecule has 0 aliphatic heterocycles. The van der Waals surface area contributed by atoms with Gasteiger partial charge in [-0.25, -0.2) is 14.8 Å². The van der Waals surface area contributed by atoms with Crippen molar-refractivity contribution in [2.45, 2.75) is 0 Å². The van der Waals surface area contributed by atoms with E-state index in [1.165, 1.54) is 25.6 Å². The minimum atomic E-state index is -0.487. The number of benzene rings is 2. The van der Waals surface area contributed by atoms with E-state index < -0.39 is 5.97 Å². The molecule has 1 heterocycles. The predicted molar refractivity (Wildman–Crippen MR) is 107 cm³/mol. The number of methoxy groups -OCH3 is 2. The molecule has 2 aromatic carbocycles. The van der Waals surface area contributed by atoms with Gasteiger partial charge in [0.25, 0.3) is 5.91 Å². The van der Waals surface area contributed by atoms with E-state index in [0.717, 1.165) is 11.3 Å². The Hall–Kier alpha value is -3.26. The number of amides is 1. The second-order valence-corrected chi connectivity index (χ2v) is 6.51. The SMILES string of the molecule is COC(=O)c1ccc(C(=O)Nc2cc(-c3ccc(OC)cc3)ncn2)cc1Br. The molecule has 0 unspecified atom stereocenters. The van der Waals surface area contributed by atoms with Crippen LogP contribution in [0.2, 0.25) is 0 Å². The molecular weight excluding hydrogens is 426 g/mol. The Morgan fingerprint density at radius 1 is 1.00 bits per heavy atom. The number of carbonyl (C=O) groups excluding carboxylic acids is 2. The molecule has 0 aliphatic carbocycles. The van der Waals surface area contributed by atoms with Crippen LogP contribution in [0.3, 0.4) is 0 Å². The summed E-state index contributed by atoms with van der Waals surface area (Å²) >= 11 is 3.28. The van der Waals surface area contributed by atoms with Crippen LogP contribution >= 0.6 is 15.9 Å². The first-order valence-corrected chi connectivity index (χ1v) is 8.97. The molecule has 3 aromatic rings. The van der Waals surface area contributed by atoms with Gasteiger partial charge < -0.3 is 14.8 Å². The van der Waals surface area contributed by atoms with E-state index in [1.807, 2.05) is 24.3 Å². The predicted octanol–water partition coefficient (Wildman–Crippen LogP) is 3.95. The second kappa shape index (κ2) is 8.62. The number of anilines is 1. The van der Waals surface area contributed by atoms with Gasteiger partial charge in [0.1, 0.15) is 17.9 Å². The average Bonchev–Trinajstić information content (AvgIpc) is 2.73. The molecule has 1 amide bonds. The van der Waals surface area contributed by atoms with Gasteiger partial charge in [0, 0.05) is 21.7 Å². The van der Waals surface area contributed by atoms with Crippen molar-refractivity contribution < 1.29 is 19.1 Å². The number of nitrogens with zero attached hydrogens (tertiary/aromatic N) is 2. The molecule has 0 saturated heterocycles. The normalized spacial score (nSPS) is 10.2. The van der Waals surface area contributed by atoms with Crippen LogP contribution in [0.5, 0.6) is 5.75 Å². The lowest BCUT2D eigenvalue weighted by molar-refractivity contribution is 0.0599. The van der Waals surface area contributed by atoms with Gasteiger partial charge in [0.15, 0.2) is 0 Å². The molecule has 1 aromatic heterocycles. The third-order valence-corrected chi connectivity index (χ3v) is 4.59. The van der Waals surface area contributed by atoms with Crippen LogP contribution in [-0.4, -0.2) is 36.1 Å². The lowest BCUT2D eigenvalue weighted by Crippen LogP contribution is -2.14. The quantitative estimate of drug-likeness (QED) is 0.602. The van der Waals surface area contributed by atoms with Gasteiger partial charge in [-0.3, -0.25) is 4.79 Å². The topological polar surface area (TPSA) is 90.4 Å². The number of ether oxygens (including phenoxy) is 2. The van der Waals surface area contributed by atoms with Gasteiger partial charge in [-0.15, -0.1) is 0 Å². The van der Waals surface area contributed by atoms with Gasteiger partial charge in [0.05, 0.1) is 25.5 Å². The van der Waals surface area contributed by atoms with Crippen LogP contribution in [0.15, 0.2) is 59.3 Å². The lowest BCUT2D eigenvalue weighted by Gasteiger charge is -2.08. The van der Waals surface area contributed by atoms with Crippen molar-refractivity contribution in [2.75, 3.05) is 19.5 Å². The molecule has 28 heavy (non-hydrogen) atoms. The van der Waals surface area contributed by atoms with E-state index in [2.05, 4.69) is 36.0 Å². The van der Waals surface area contributed by atoms with E-state index in [9.17, 15) is 9.59 Å². The third-order valence-electron chi connectivity index (χ3n) is 3.93. The molecule has 3 rings (SSSR count). The summed E-state index contributed by atoms with van der Waals surface area (Å²) in [5.41, 5.74) is 2.23. The summed E-state index contributed by atoms with van der Waals surface area (Å²) in [4.78, 5) is 32.5. The Morgan fingerprint density at radius 3 is 2.39 bits per heavy atom. The highest BCUT2D eigenvalue weighted by Gasteiger charge is 2.14. The number of esters is 1. The number of hydrogen-bond acceptors (Lipinski definition) is 6. The maximum absolute atomic E-state index is 12.5. The number of halogens is 1. The molecule has 8 heteroatoms. The summed E-state index contributed by atoms with van der Waals surface area (Å²) in [5, 5.41) is 2.73. The van der Waals surface area contributed by atoms with Crippen LogP contribution in [0.25, 0.3) is 11.3 Å². The molecule has 0 spiro atoms. The van der Waals surface area contributed by atoms with Crippen molar-refractivity contribution >= 4 is 33.6 Å². The summed E-state index contributed by atoms with van der Waals surface area (Å²) in [6.45, 7) is 0. The summed E-state index contributed by atoms with van der Waals surface area (Å²) in [6.07, 6.45) is 1.38. The Morgan fingerprint density at radius 2 is 1.75 bits per heavy atom. The Bertz CT molecular complexity index is 1020. The zero-order valence-electron chi connectivity index (χ0n) is 15.1. The fourth-order valence-electron chi connectivity index (χ4n) is 2.47. The van der Waals surface area contributed by atoms with Gasteiger partial charge in [0.2, 0.25) is 0 Å². The second-order valence-electron chi connectivity index (χ2n) is 5.66. The molecule has 0 bridgehead atoms. The van der Waals surface area contributed by atoms with Gasteiger partial charge in [-0.2, -0.15) is 0 Å². The number of aromatic nitrogens is 2. The first-order valence-electron chi connectivity index (χ1n) is 8.17. The van der Waals surface area contributed by atoms with Crippen molar-refractivity contribution in [2.24, 2.45) is 0 Å². The zero-order chi connectivity index (χ0) is 20.1. The molecule has 142 valence electrons. The van der Waals surface area contributed by atoms with Crippen molar-refractivity contribution in [3.05, 3.63) is 70.5 Å². The third kappa shape index (κ3) is 4.34. The summed E-state index contributed by atoms with van der Waals surface area (Å²) in [7, 11) is 2.90. The Labute approximate surface area is 169 Å². The monoisotopic (exact) mass is 441 g/mol. The molecule has 7 nitrogen and oxygen atoms in total. The maximum Gasteiger partial charge on any atom is 0.339 e. The fraction of sp³-hybridized carbons (Fsp3) is 0.100.